The van der Waals surface area contributed by atoms with Gasteiger partial charge in [-0.2, -0.15) is 0 Å². The number of alkyl carbamates (subject to hydrolysis) is 1. The summed E-state index contributed by atoms with van der Waals surface area (Å²) in [6.07, 6.45) is 9.33. The molecule has 2 atom stereocenters. The molecule has 222 valence electrons. The number of rotatable bonds is 8. The number of allylic oxidation sites excluding steroid dienone is 2. The van der Waals surface area contributed by atoms with Gasteiger partial charge in [-0.05, 0) is 77.0 Å². The third-order valence-corrected chi connectivity index (χ3v) is 9.12. The predicted octanol–water partition coefficient (Wildman–Crippen LogP) is 6.31. The lowest BCUT2D eigenvalue weighted by Gasteiger charge is -2.18. The molecule has 2 unspecified atom stereocenters. The Kier molecular flexibility index (Phi) is 9.74. The van der Waals surface area contributed by atoms with Crippen LogP contribution < -0.4 is 10.6 Å². The lowest BCUT2D eigenvalue weighted by molar-refractivity contribution is -0.121. The van der Waals surface area contributed by atoms with Crippen LogP contribution >= 0.6 is 22.9 Å². The van der Waals surface area contributed by atoms with Gasteiger partial charge < -0.3 is 15.4 Å². The standard InChI is InChI=1S/C31H37ClN6O3S/c1-19-20(2)42-30-27(19)28(22-12-14-23(32)15-13-22)35-25(29-37-36-21(3)38(29)30)18-26(39)33-16-9-17-34-31(40)41-24-10-7-5-4-6-8-11-24/h4-5,12-15,24-25H,6-11,16-18H2,1-3H3,(H,33,39)(H,34,40). The van der Waals surface area contributed by atoms with Crippen LogP contribution in [0.3, 0.4) is 0 Å². The fourth-order valence-corrected chi connectivity index (χ4v) is 6.66. The van der Waals surface area contributed by atoms with Gasteiger partial charge in [0, 0.05) is 34.1 Å². The molecule has 0 saturated carbocycles. The van der Waals surface area contributed by atoms with Crippen molar-refractivity contribution in [2.75, 3.05) is 13.1 Å². The van der Waals surface area contributed by atoms with Crippen molar-refractivity contribution in [2.24, 2.45) is 4.99 Å². The first-order valence-corrected chi connectivity index (χ1v) is 15.7. The van der Waals surface area contributed by atoms with Gasteiger partial charge in [-0.3, -0.25) is 14.4 Å². The summed E-state index contributed by atoms with van der Waals surface area (Å²) in [4.78, 5) is 31.7. The van der Waals surface area contributed by atoms with Gasteiger partial charge in [0.15, 0.2) is 5.82 Å². The molecule has 11 heteroatoms. The van der Waals surface area contributed by atoms with Gasteiger partial charge in [-0.15, -0.1) is 21.5 Å². The number of carbonyl (C=O) groups is 2. The molecule has 0 fully saturated rings. The highest BCUT2D eigenvalue weighted by Gasteiger charge is 2.32. The number of hydrogen-bond acceptors (Lipinski definition) is 7. The molecule has 1 aliphatic heterocycles. The van der Waals surface area contributed by atoms with E-state index in [1.54, 1.807) is 11.3 Å². The molecule has 9 nitrogen and oxygen atoms in total. The second-order valence-electron chi connectivity index (χ2n) is 10.7. The molecule has 2 amide bonds. The molecule has 0 radical (unpaired) electrons. The van der Waals surface area contributed by atoms with E-state index in [4.69, 9.17) is 21.3 Å². The van der Waals surface area contributed by atoms with Crippen LogP contribution in [0.4, 0.5) is 4.79 Å². The van der Waals surface area contributed by atoms with Gasteiger partial charge in [-0.25, -0.2) is 4.79 Å². The largest absolute Gasteiger partial charge is 0.446 e. The zero-order valence-corrected chi connectivity index (χ0v) is 25.9. The van der Waals surface area contributed by atoms with Crippen LogP contribution in [0.2, 0.25) is 5.02 Å². The summed E-state index contributed by atoms with van der Waals surface area (Å²) in [7, 11) is 0. The Balaban J connectivity index is 1.23. The second kappa shape index (κ2) is 13.6. The number of benzene rings is 1. The summed E-state index contributed by atoms with van der Waals surface area (Å²) < 4.78 is 7.62. The van der Waals surface area contributed by atoms with E-state index in [0.29, 0.717) is 30.4 Å². The minimum absolute atomic E-state index is 0.0457. The molecule has 0 bridgehead atoms. The van der Waals surface area contributed by atoms with Crippen molar-refractivity contribution < 1.29 is 14.3 Å². The number of ether oxygens (including phenoxy) is 1. The predicted molar refractivity (Wildman–Crippen MR) is 166 cm³/mol. The fraction of sp³-hybridized carbons (Fsp3) is 0.452. The van der Waals surface area contributed by atoms with E-state index in [2.05, 4.69) is 46.8 Å². The molecule has 5 rings (SSSR count). The zero-order valence-electron chi connectivity index (χ0n) is 24.3. The monoisotopic (exact) mass is 608 g/mol. The Morgan fingerprint density at radius 3 is 2.62 bits per heavy atom. The van der Waals surface area contributed by atoms with Crippen LogP contribution in [-0.2, 0) is 9.53 Å². The van der Waals surface area contributed by atoms with E-state index in [1.807, 2.05) is 35.8 Å². The maximum atomic E-state index is 13.1. The summed E-state index contributed by atoms with van der Waals surface area (Å²) in [5.74, 6) is 1.25. The highest BCUT2D eigenvalue weighted by atomic mass is 35.5. The second-order valence-corrected chi connectivity index (χ2v) is 12.4. The SMILES string of the molecule is Cc1sc2c(c1C)C(c1ccc(Cl)cc1)=NC(CC(=O)NCCCNC(=O)OC1CCC=CCCC1)c1nnc(C)n1-2. The molecule has 3 aromatic rings. The fourth-order valence-electron chi connectivity index (χ4n) is 5.32. The smallest absolute Gasteiger partial charge is 0.407 e. The Bertz CT molecular complexity index is 1490. The average Bonchev–Trinajstić information content (AvgIpc) is 3.42. The van der Waals surface area contributed by atoms with Gasteiger partial charge >= 0.3 is 6.09 Å². The number of aliphatic imine (C=N–C) groups is 1. The number of aryl methyl sites for hydroxylation is 2. The van der Waals surface area contributed by atoms with E-state index in [1.165, 1.54) is 4.88 Å². The zero-order chi connectivity index (χ0) is 29.6. The molecule has 1 aromatic carbocycles. The number of hydrogen-bond donors (Lipinski definition) is 2. The van der Waals surface area contributed by atoms with E-state index in [0.717, 1.165) is 65.3 Å². The number of fused-ring (bicyclic) bond motifs is 3. The van der Waals surface area contributed by atoms with Gasteiger partial charge in [-0.1, -0.05) is 35.9 Å². The van der Waals surface area contributed by atoms with Crippen molar-refractivity contribution >= 4 is 40.6 Å². The first-order chi connectivity index (χ1) is 20.3. The van der Waals surface area contributed by atoms with Crippen molar-refractivity contribution in [3.05, 3.63) is 74.7 Å². The number of halogens is 1. The quantitative estimate of drug-likeness (QED) is 0.230. The number of thiophene rings is 1. The third kappa shape index (κ3) is 6.93. The van der Waals surface area contributed by atoms with Gasteiger partial charge in [0.1, 0.15) is 23.0 Å². The number of aromatic nitrogens is 3. The lowest BCUT2D eigenvalue weighted by atomic mass is 9.99. The number of nitrogens with one attached hydrogen (secondary N) is 2. The Hall–Kier alpha value is -3.50. The minimum atomic E-state index is -0.525. The van der Waals surface area contributed by atoms with Crippen molar-refractivity contribution in [3.63, 3.8) is 0 Å². The highest BCUT2D eigenvalue weighted by molar-refractivity contribution is 7.15. The molecule has 2 N–H and O–H groups in total. The molecule has 3 heterocycles. The van der Waals surface area contributed by atoms with Crippen LogP contribution in [0.1, 0.15) is 84.2 Å². The Morgan fingerprint density at radius 2 is 1.81 bits per heavy atom. The molecule has 1 aliphatic carbocycles. The number of carbonyl (C=O) groups excluding carboxylic acids is 2. The van der Waals surface area contributed by atoms with Crippen molar-refractivity contribution in [3.8, 4) is 5.00 Å². The molecular formula is C31H37ClN6O3S. The first kappa shape index (κ1) is 30.0. The van der Waals surface area contributed by atoms with Crippen molar-refractivity contribution in [1.82, 2.24) is 25.4 Å². The van der Waals surface area contributed by atoms with E-state index < -0.39 is 12.1 Å². The van der Waals surface area contributed by atoms with Crippen LogP contribution in [0, 0.1) is 20.8 Å². The van der Waals surface area contributed by atoms with E-state index in [9.17, 15) is 9.59 Å². The first-order valence-electron chi connectivity index (χ1n) is 14.5. The summed E-state index contributed by atoms with van der Waals surface area (Å²) in [5, 5.41) is 16.2. The summed E-state index contributed by atoms with van der Waals surface area (Å²) in [6.45, 7) is 6.96. The molecule has 2 aromatic heterocycles. The summed E-state index contributed by atoms with van der Waals surface area (Å²) in [5.41, 5.74) is 3.91. The molecular weight excluding hydrogens is 572 g/mol. The summed E-state index contributed by atoms with van der Waals surface area (Å²) in [6, 6.07) is 7.10. The third-order valence-electron chi connectivity index (χ3n) is 7.67. The minimum Gasteiger partial charge on any atom is -0.446 e. The van der Waals surface area contributed by atoms with Crippen molar-refractivity contribution in [1.29, 1.82) is 0 Å². The lowest BCUT2D eigenvalue weighted by Crippen LogP contribution is -2.32. The van der Waals surface area contributed by atoms with Crippen LogP contribution in [0.15, 0.2) is 41.4 Å². The Labute approximate surface area is 255 Å². The van der Waals surface area contributed by atoms with Gasteiger partial charge in [0.05, 0.1) is 12.1 Å². The summed E-state index contributed by atoms with van der Waals surface area (Å²) >= 11 is 7.87. The normalized spacial score (nSPS) is 18.1. The number of nitrogens with zero attached hydrogens (tertiary/aromatic N) is 4. The highest BCUT2D eigenvalue weighted by Crippen LogP contribution is 2.39. The van der Waals surface area contributed by atoms with E-state index >= 15 is 0 Å². The maximum Gasteiger partial charge on any atom is 0.407 e. The van der Waals surface area contributed by atoms with Crippen LogP contribution in [-0.4, -0.2) is 51.7 Å². The topological polar surface area (TPSA) is 110 Å². The molecule has 0 saturated heterocycles. The van der Waals surface area contributed by atoms with Crippen molar-refractivity contribution in [2.45, 2.75) is 77.9 Å². The van der Waals surface area contributed by atoms with E-state index in [-0.39, 0.29) is 18.4 Å². The molecule has 42 heavy (non-hydrogen) atoms. The van der Waals surface area contributed by atoms with Gasteiger partial charge in [0.2, 0.25) is 5.91 Å². The maximum absolute atomic E-state index is 13.1. The number of amides is 2. The average molecular weight is 609 g/mol. The molecule has 0 spiro atoms. The van der Waals surface area contributed by atoms with Crippen LogP contribution in [0.5, 0.6) is 0 Å². The van der Waals surface area contributed by atoms with Gasteiger partial charge in [0.25, 0.3) is 0 Å². The molecule has 2 aliphatic rings. The van der Waals surface area contributed by atoms with Crippen LogP contribution in [0.25, 0.3) is 5.00 Å². The Morgan fingerprint density at radius 1 is 1.05 bits per heavy atom.